The van der Waals surface area contributed by atoms with Gasteiger partial charge in [0.05, 0.1) is 18.3 Å². The molecule has 2 aliphatic rings. The minimum Gasteiger partial charge on any atom is -0.473 e. The molecule has 10 nitrogen and oxygen atoms in total. The van der Waals surface area contributed by atoms with Crippen LogP contribution in [0.2, 0.25) is 0 Å². The van der Waals surface area contributed by atoms with Crippen LogP contribution in [0.3, 0.4) is 0 Å². The number of nitrogens with zero attached hydrogens (tertiary/aromatic N) is 3. The van der Waals surface area contributed by atoms with Crippen LogP contribution in [-0.2, 0) is 14.3 Å². The number of unbranched alkanes of at least 4 members (excludes halogenated alkanes) is 1. The van der Waals surface area contributed by atoms with Gasteiger partial charge in [0, 0.05) is 51.6 Å². The number of hydrogen-bond donors (Lipinski definition) is 1. The summed E-state index contributed by atoms with van der Waals surface area (Å²) in [4.78, 5) is 44.2. The Bertz CT molecular complexity index is 1010. The van der Waals surface area contributed by atoms with E-state index in [1.807, 2.05) is 33.8 Å². The fraction of sp³-hybridized carbons (Fsp3) is 0.679. The van der Waals surface area contributed by atoms with E-state index < -0.39 is 11.7 Å². The van der Waals surface area contributed by atoms with Gasteiger partial charge in [-0.25, -0.2) is 4.79 Å². The smallest absolute Gasteiger partial charge is 0.407 e. The number of benzene rings is 1. The van der Waals surface area contributed by atoms with Crippen LogP contribution in [0, 0.1) is 6.92 Å². The number of anilines is 1. The topological polar surface area (TPSA) is 109 Å². The summed E-state index contributed by atoms with van der Waals surface area (Å²) in [5.74, 6) is 0.161. The van der Waals surface area contributed by atoms with Gasteiger partial charge < -0.3 is 34.0 Å². The summed E-state index contributed by atoms with van der Waals surface area (Å²) in [7, 11) is 1.65. The number of piperidine rings is 1. The summed E-state index contributed by atoms with van der Waals surface area (Å²) in [5.41, 5.74) is 0.610. The highest BCUT2D eigenvalue weighted by atomic mass is 16.6. The van der Waals surface area contributed by atoms with Gasteiger partial charge in [-0.3, -0.25) is 9.59 Å². The Hall–Kier alpha value is -2.85. The third-order valence-electron chi connectivity index (χ3n) is 7.27. The maximum Gasteiger partial charge on any atom is 0.407 e. The van der Waals surface area contributed by atoms with E-state index in [1.165, 1.54) is 4.90 Å². The predicted octanol–water partition coefficient (Wildman–Crippen LogP) is 3.94. The largest absolute Gasteiger partial charge is 0.473 e. The lowest BCUT2D eigenvalue weighted by atomic mass is 9.96. The number of fused-ring (bicyclic) bond motifs is 1. The van der Waals surface area contributed by atoms with Gasteiger partial charge in [0.25, 0.3) is 11.8 Å². The van der Waals surface area contributed by atoms with E-state index in [-0.39, 0.29) is 37.0 Å². The summed E-state index contributed by atoms with van der Waals surface area (Å²) in [5, 5.41) is 9.52. The number of ether oxygens (including phenoxy) is 3. The molecule has 0 saturated carbocycles. The lowest BCUT2D eigenvalue weighted by molar-refractivity contribution is -0.139. The van der Waals surface area contributed by atoms with Gasteiger partial charge in [-0.15, -0.1) is 0 Å². The van der Waals surface area contributed by atoms with E-state index in [4.69, 9.17) is 14.2 Å². The first-order valence-corrected chi connectivity index (χ1v) is 13.6. The first-order valence-electron chi connectivity index (χ1n) is 13.6. The van der Waals surface area contributed by atoms with Crippen LogP contribution >= 0.6 is 0 Å². The van der Waals surface area contributed by atoms with Crippen LogP contribution in [-0.4, -0.2) is 97.1 Å². The van der Waals surface area contributed by atoms with E-state index in [9.17, 15) is 19.5 Å². The number of rotatable bonds is 11. The van der Waals surface area contributed by atoms with Crippen molar-refractivity contribution in [1.82, 2.24) is 9.80 Å². The molecule has 0 aliphatic carbocycles. The lowest BCUT2D eigenvalue weighted by Gasteiger charge is -2.42. The highest BCUT2D eigenvalue weighted by molar-refractivity contribution is 6.05. The normalized spacial score (nSPS) is 21.3. The van der Waals surface area contributed by atoms with Crippen LogP contribution in [0.1, 0.15) is 69.3 Å². The molecular formula is C28H43N3O7. The van der Waals surface area contributed by atoms with E-state index in [0.717, 1.165) is 24.8 Å². The summed E-state index contributed by atoms with van der Waals surface area (Å²) >= 11 is 0. The van der Waals surface area contributed by atoms with E-state index in [1.54, 1.807) is 29.9 Å². The number of likely N-dealkylation sites (tertiary alicyclic amines) is 1. The average Bonchev–Trinajstić information content (AvgIpc) is 2.87. The molecule has 212 valence electrons. The Labute approximate surface area is 225 Å². The Balaban J connectivity index is 1.98. The Morgan fingerprint density at radius 1 is 1.29 bits per heavy atom. The maximum atomic E-state index is 14.0. The molecular weight excluding hydrogens is 490 g/mol. The van der Waals surface area contributed by atoms with Gasteiger partial charge in [-0.1, -0.05) is 0 Å². The van der Waals surface area contributed by atoms with Crippen molar-refractivity contribution < 1.29 is 33.7 Å². The molecule has 2 heterocycles. The monoisotopic (exact) mass is 533 g/mol. The molecule has 0 bridgehead atoms. The van der Waals surface area contributed by atoms with E-state index in [0.29, 0.717) is 49.7 Å². The van der Waals surface area contributed by atoms with Crippen LogP contribution in [0.4, 0.5) is 10.5 Å². The third-order valence-corrected chi connectivity index (χ3v) is 7.27. The van der Waals surface area contributed by atoms with Crippen LogP contribution in [0.15, 0.2) is 12.1 Å². The number of aryl methyl sites for hydroxylation is 1. The van der Waals surface area contributed by atoms with E-state index in [2.05, 4.69) is 0 Å². The molecule has 3 amide bonds. The molecule has 1 aromatic rings. The molecule has 0 radical (unpaired) electrons. The van der Waals surface area contributed by atoms with Crippen molar-refractivity contribution in [1.29, 1.82) is 0 Å². The third kappa shape index (κ3) is 6.40. The molecule has 3 rings (SSSR count). The molecule has 2 atom stereocenters. The molecule has 1 fully saturated rings. The number of carbonyl (C=O) groups is 3. The molecule has 1 aromatic carbocycles. The van der Waals surface area contributed by atoms with Crippen molar-refractivity contribution >= 4 is 23.6 Å². The fourth-order valence-electron chi connectivity index (χ4n) is 5.32. The van der Waals surface area contributed by atoms with Gasteiger partial charge >= 0.3 is 6.09 Å². The predicted molar refractivity (Wildman–Crippen MR) is 144 cm³/mol. The highest BCUT2D eigenvalue weighted by Crippen LogP contribution is 2.41. The SMILES string of the molecule is CCOCC1(C)Oc2cc(C)c(C(=O)N(C(C)C)[C@@H]3CCCN(C(=O)O)C3)cc2N(CCCCOC)C1=O. The molecule has 1 saturated heterocycles. The van der Waals surface area contributed by atoms with E-state index >= 15 is 0 Å². The summed E-state index contributed by atoms with van der Waals surface area (Å²) in [6.45, 7) is 11.8. The minimum atomic E-state index is -1.17. The molecule has 0 aromatic heterocycles. The summed E-state index contributed by atoms with van der Waals surface area (Å²) in [6, 6.07) is 3.23. The number of hydrogen-bond acceptors (Lipinski definition) is 6. The Morgan fingerprint density at radius 2 is 2.03 bits per heavy atom. The average molecular weight is 534 g/mol. The Kier molecular flexibility index (Phi) is 10.0. The molecule has 1 unspecified atom stereocenters. The highest BCUT2D eigenvalue weighted by Gasteiger charge is 2.45. The zero-order chi connectivity index (χ0) is 28.0. The van der Waals surface area contributed by atoms with Crippen molar-refractivity contribution in [2.24, 2.45) is 0 Å². The Morgan fingerprint density at radius 3 is 2.66 bits per heavy atom. The fourth-order valence-corrected chi connectivity index (χ4v) is 5.32. The summed E-state index contributed by atoms with van der Waals surface area (Å²) < 4.78 is 17.0. The zero-order valence-corrected chi connectivity index (χ0v) is 23.6. The second-order valence-corrected chi connectivity index (χ2v) is 10.6. The molecule has 38 heavy (non-hydrogen) atoms. The van der Waals surface area contributed by atoms with Crippen LogP contribution < -0.4 is 9.64 Å². The lowest BCUT2D eigenvalue weighted by Crippen LogP contribution is -2.57. The van der Waals surface area contributed by atoms with Crippen molar-refractivity contribution in [2.45, 2.75) is 78.0 Å². The van der Waals surface area contributed by atoms with Crippen LogP contribution in [0.5, 0.6) is 5.75 Å². The minimum absolute atomic E-state index is 0.124. The maximum absolute atomic E-state index is 14.0. The van der Waals surface area contributed by atoms with Gasteiger partial charge in [-0.05, 0) is 78.0 Å². The van der Waals surface area contributed by atoms with Crippen molar-refractivity contribution in [2.75, 3.05) is 51.5 Å². The van der Waals surface area contributed by atoms with Crippen molar-refractivity contribution in [3.63, 3.8) is 0 Å². The quantitative estimate of drug-likeness (QED) is 0.429. The van der Waals surface area contributed by atoms with Gasteiger partial charge in [-0.2, -0.15) is 0 Å². The summed E-state index contributed by atoms with van der Waals surface area (Å²) in [6.07, 6.45) is 1.99. The second-order valence-electron chi connectivity index (χ2n) is 10.6. The number of methoxy groups -OCH3 is 1. The van der Waals surface area contributed by atoms with Crippen LogP contribution in [0.25, 0.3) is 0 Å². The van der Waals surface area contributed by atoms with Gasteiger partial charge in [0.15, 0.2) is 0 Å². The standard InChI is InChI=1S/C28H43N3O7/c1-7-37-18-28(5)26(33)30(13-8-9-14-36-6)23-16-22(20(4)15-24(23)38-28)25(32)31(19(2)3)21-11-10-12-29(17-21)27(34)35/h15-16,19,21H,7-14,17-18H2,1-6H3,(H,34,35)/t21-,28?/m1/s1. The first kappa shape index (κ1) is 29.7. The molecule has 10 heteroatoms. The number of carbonyl (C=O) groups excluding carboxylic acids is 2. The van der Waals surface area contributed by atoms with Gasteiger partial charge in [0.1, 0.15) is 5.75 Å². The molecule has 0 spiro atoms. The number of carboxylic acid groups (broad SMARTS) is 1. The first-order chi connectivity index (χ1) is 18.0. The van der Waals surface area contributed by atoms with Crippen molar-refractivity contribution in [3.8, 4) is 5.75 Å². The molecule has 2 aliphatic heterocycles. The number of amides is 3. The van der Waals surface area contributed by atoms with Gasteiger partial charge in [0.2, 0.25) is 5.60 Å². The van der Waals surface area contributed by atoms with Crippen molar-refractivity contribution in [3.05, 3.63) is 23.3 Å². The molecule has 1 N–H and O–H groups in total. The zero-order valence-electron chi connectivity index (χ0n) is 23.6. The second kappa shape index (κ2) is 12.8.